The van der Waals surface area contributed by atoms with Crippen LogP contribution in [0.2, 0.25) is 0 Å². The molecule has 5 nitrogen and oxygen atoms in total. The average molecular weight is 474 g/mol. The Bertz CT molecular complexity index is 1130. The molecule has 1 aliphatic rings. The largest absolute Gasteiger partial charge is 0.440 e. The Hall–Kier alpha value is -2.95. The van der Waals surface area contributed by atoms with Gasteiger partial charge in [-0.05, 0) is 93.4 Å². The third kappa shape index (κ3) is 6.81. The monoisotopic (exact) mass is 473 g/mol. The van der Waals surface area contributed by atoms with Crippen LogP contribution in [0.15, 0.2) is 54.7 Å². The van der Waals surface area contributed by atoms with E-state index < -0.39 is 5.41 Å². The van der Waals surface area contributed by atoms with Crippen LogP contribution in [0.1, 0.15) is 72.3 Å². The molecule has 1 aliphatic carbocycles. The first-order valence-corrected chi connectivity index (χ1v) is 12.9. The van der Waals surface area contributed by atoms with E-state index >= 15 is 0 Å². The van der Waals surface area contributed by atoms with Crippen molar-refractivity contribution in [2.75, 3.05) is 0 Å². The predicted molar refractivity (Wildman–Crippen MR) is 141 cm³/mol. The van der Waals surface area contributed by atoms with Gasteiger partial charge in [0.15, 0.2) is 0 Å². The van der Waals surface area contributed by atoms with Crippen molar-refractivity contribution in [3.8, 4) is 22.4 Å². The van der Waals surface area contributed by atoms with Crippen LogP contribution < -0.4 is 0 Å². The summed E-state index contributed by atoms with van der Waals surface area (Å²) in [5.74, 6) is 0.606. The number of aromatic nitrogens is 3. The Labute approximate surface area is 209 Å². The predicted octanol–water partition coefficient (Wildman–Crippen LogP) is 7.31. The number of carbonyl (C=O) groups is 1. The fourth-order valence-electron chi connectivity index (χ4n) is 4.67. The Morgan fingerprint density at radius 3 is 2.40 bits per heavy atom. The average Bonchev–Trinajstić information content (AvgIpc) is 3.31. The van der Waals surface area contributed by atoms with E-state index in [-0.39, 0.29) is 12.7 Å². The van der Waals surface area contributed by atoms with Gasteiger partial charge in [0.1, 0.15) is 5.69 Å². The van der Waals surface area contributed by atoms with E-state index in [1.807, 2.05) is 32.9 Å². The van der Waals surface area contributed by atoms with Crippen LogP contribution in [0.25, 0.3) is 22.4 Å². The van der Waals surface area contributed by atoms with Gasteiger partial charge in [0.25, 0.3) is 0 Å². The molecule has 35 heavy (non-hydrogen) atoms. The van der Waals surface area contributed by atoms with Gasteiger partial charge in [0.05, 0.1) is 11.6 Å². The highest BCUT2D eigenvalue weighted by Crippen LogP contribution is 2.39. The van der Waals surface area contributed by atoms with Crippen molar-refractivity contribution in [2.24, 2.45) is 16.7 Å². The lowest BCUT2D eigenvalue weighted by Crippen LogP contribution is -2.24. The van der Waals surface area contributed by atoms with E-state index in [1.165, 1.54) is 48.0 Å². The Kier molecular flexibility index (Phi) is 7.44. The molecule has 0 aliphatic heterocycles. The summed E-state index contributed by atoms with van der Waals surface area (Å²) in [6.07, 6.45) is 9.65. The Balaban J connectivity index is 1.36. The van der Waals surface area contributed by atoms with E-state index in [4.69, 9.17) is 4.74 Å². The number of hydrogen-bond acceptors (Lipinski definition) is 4. The quantitative estimate of drug-likeness (QED) is 0.338. The van der Waals surface area contributed by atoms with Crippen LogP contribution in [0.4, 0.5) is 0 Å². The van der Waals surface area contributed by atoms with E-state index in [9.17, 15) is 4.79 Å². The van der Waals surface area contributed by atoms with Crippen LogP contribution in [-0.2, 0) is 22.7 Å². The van der Waals surface area contributed by atoms with Gasteiger partial charge in [-0.2, -0.15) is 5.10 Å². The topological polar surface area (TPSA) is 57.0 Å². The molecule has 1 saturated carbocycles. The second kappa shape index (κ2) is 10.3. The van der Waals surface area contributed by atoms with E-state index in [1.54, 1.807) is 6.20 Å². The van der Waals surface area contributed by atoms with Crippen LogP contribution in [0, 0.1) is 16.7 Å². The first-order chi connectivity index (χ1) is 16.6. The number of nitrogens with zero attached hydrogens (tertiary/aromatic N) is 3. The minimum Gasteiger partial charge on any atom is -0.440 e. The van der Waals surface area contributed by atoms with Crippen molar-refractivity contribution >= 4 is 5.97 Å². The minimum atomic E-state index is -0.549. The summed E-state index contributed by atoms with van der Waals surface area (Å²) >= 11 is 0. The number of ether oxygens (including phenoxy) is 1. The van der Waals surface area contributed by atoms with Gasteiger partial charge in [0, 0.05) is 5.56 Å². The molecule has 0 radical (unpaired) electrons. The van der Waals surface area contributed by atoms with E-state index in [0.29, 0.717) is 5.41 Å². The summed E-state index contributed by atoms with van der Waals surface area (Å²) in [6.45, 7) is 10.3. The molecule has 0 saturated heterocycles. The molecular weight excluding hydrogens is 434 g/mol. The van der Waals surface area contributed by atoms with Gasteiger partial charge in [0.2, 0.25) is 6.73 Å². The minimum absolute atomic E-state index is 0.00980. The summed E-state index contributed by atoms with van der Waals surface area (Å²) in [5.41, 5.74) is 5.50. The molecule has 1 fully saturated rings. The Morgan fingerprint density at radius 1 is 1.03 bits per heavy atom. The lowest BCUT2D eigenvalue weighted by Gasteiger charge is -2.34. The van der Waals surface area contributed by atoms with E-state index in [0.717, 1.165) is 29.2 Å². The molecule has 1 heterocycles. The molecule has 0 unspecified atom stereocenters. The fraction of sp³-hybridized carbons (Fsp3) is 0.500. The van der Waals surface area contributed by atoms with Gasteiger partial charge in [-0.3, -0.25) is 4.79 Å². The molecule has 186 valence electrons. The van der Waals surface area contributed by atoms with Gasteiger partial charge < -0.3 is 4.74 Å². The summed E-state index contributed by atoms with van der Waals surface area (Å²) in [4.78, 5) is 13.4. The maximum atomic E-state index is 12.0. The molecular formula is C30H39N3O2. The smallest absolute Gasteiger partial charge is 0.313 e. The number of rotatable bonds is 7. The normalized spacial score (nSPS) is 16.3. The summed E-state index contributed by atoms with van der Waals surface area (Å²) < 4.78 is 5.31. The summed E-state index contributed by atoms with van der Waals surface area (Å²) in [5, 5.41) is 8.75. The maximum Gasteiger partial charge on any atom is 0.313 e. The van der Waals surface area contributed by atoms with Crippen molar-refractivity contribution in [2.45, 2.75) is 79.9 Å². The number of aryl methyl sites for hydroxylation is 1. The number of benzene rings is 2. The van der Waals surface area contributed by atoms with Crippen LogP contribution >= 0.6 is 0 Å². The van der Waals surface area contributed by atoms with Crippen molar-refractivity contribution < 1.29 is 9.53 Å². The second-order valence-corrected chi connectivity index (χ2v) is 11.8. The summed E-state index contributed by atoms with van der Waals surface area (Å²) in [6, 6.07) is 17.3. The standard InChI is InChI=1S/C30H39N3O2/c1-29(2,3)28(34)35-21-33-31-20-27(32-33)26-8-6-7-25(19-26)24-13-11-22(12-14-24)9-10-23-15-17-30(4,5)18-16-23/h6-8,11-14,19-20,23H,9-10,15-18,21H2,1-5H3. The molecule has 1 aromatic heterocycles. The number of hydrogen-bond donors (Lipinski definition) is 0. The van der Waals surface area contributed by atoms with Crippen LogP contribution in [0.5, 0.6) is 0 Å². The van der Waals surface area contributed by atoms with Crippen LogP contribution in [0.3, 0.4) is 0 Å². The first-order valence-electron chi connectivity index (χ1n) is 12.9. The lowest BCUT2D eigenvalue weighted by molar-refractivity contribution is -0.157. The van der Waals surface area contributed by atoms with Gasteiger partial charge in [-0.15, -0.1) is 9.90 Å². The maximum absolute atomic E-state index is 12.0. The van der Waals surface area contributed by atoms with Crippen LogP contribution in [-0.4, -0.2) is 21.0 Å². The van der Waals surface area contributed by atoms with Gasteiger partial charge in [-0.1, -0.05) is 56.3 Å². The molecule has 0 atom stereocenters. The second-order valence-electron chi connectivity index (χ2n) is 11.8. The number of esters is 1. The molecule has 0 spiro atoms. The first kappa shape index (κ1) is 25.2. The zero-order chi connectivity index (χ0) is 25.1. The molecule has 0 amide bonds. The zero-order valence-electron chi connectivity index (χ0n) is 21.9. The molecule has 4 rings (SSSR count). The third-order valence-electron chi connectivity index (χ3n) is 7.21. The highest BCUT2D eigenvalue weighted by molar-refractivity contribution is 5.75. The number of carbonyl (C=O) groups excluding carboxylic acids is 1. The SMILES string of the molecule is CC1(C)CCC(CCc2ccc(-c3cccc(-c4cnn(COC(=O)C(C)(C)C)n4)c3)cc2)CC1. The zero-order valence-corrected chi connectivity index (χ0v) is 21.9. The van der Waals surface area contributed by atoms with Gasteiger partial charge in [-0.25, -0.2) is 0 Å². The molecule has 3 aromatic rings. The molecule has 0 N–H and O–H groups in total. The molecule has 5 heteroatoms. The van der Waals surface area contributed by atoms with Crippen molar-refractivity contribution in [1.82, 2.24) is 15.0 Å². The van der Waals surface area contributed by atoms with Gasteiger partial charge >= 0.3 is 5.97 Å². The molecule has 0 bridgehead atoms. The third-order valence-corrected chi connectivity index (χ3v) is 7.21. The highest BCUT2D eigenvalue weighted by Gasteiger charge is 2.26. The van der Waals surface area contributed by atoms with Crippen molar-refractivity contribution in [3.63, 3.8) is 0 Å². The van der Waals surface area contributed by atoms with Crippen molar-refractivity contribution in [1.29, 1.82) is 0 Å². The van der Waals surface area contributed by atoms with E-state index in [2.05, 4.69) is 60.4 Å². The highest BCUT2D eigenvalue weighted by atomic mass is 16.5. The van der Waals surface area contributed by atoms with Crippen molar-refractivity contribution in [3.05, 3.63) is 60.3 Å². The lowest BCUT2D eigenvalue weighted by atomic mass is 9.72. The fourth-order valence-corrected chi connectivity index (χ4v) is 4.67. The Morgan fingerprint density at radius 2 is 1.71 bits per heavy atom. The molecule has 2 aromatic carbocycles. The summed E-state index contributed by atoms with van der Waals surface area (Å²) in [7, 11) is 0.